The van der Waals surface area contributed by atoms with Crippen molar-refractivity contribution in [2.75, 3.05) is 7.11 Å². The van der Waals surface area contributed by atoms with Crippen molar-refractivity contribution in [3.05, 3.63) is 40.0 Å². The number of rotatable bonds is 2. The first kappa shape index (κ1) is 12.3. The van der Waals surface area contributed by atoms with Gasteiger partial charge in [0.2, 0.25) is 0 Å². The van der Waals surface area contributed by atoms with Crippen LogP contribution in [0.5, 0.6) is 5.75 Å². The lowest BCUT2D eigenvalue weighted by atomic mass is 10.1. The van der Waals surface area contributed by atoms with Crippen LogP contribution in [-0.4, -0.2) is 17.1 Å². The van der Waals surface area contributed by atoms with Crippen LogP contribution >= 0.6 is 27.5 Å². The number of aromatic nitrogens is 2. The van der Waals surface area contributed by atoms with Crippen molar-refractivity contribution in [2.24, 2.45) is 0 Å². The van der Waals surface area contributed by atoms with E-state index in [2.05, 4.69) is 25.9 Å². The summed E-state index contributed by atoms with van der Waals surface area (Å²) >= 11 is 8.89. The van der Waals surface area contributed by atoms with Crippen LogP contribution in [0.25, 0.3) is 11.3 Å². The molecular formula is C11H7BrClFN2O. The minimum absolute atomic E-state index is 0.101. The zero-order valence-electron chi connectivity index (χ0n) is 8.75. The van der Waals surface area contributed by atoms with Crippen LogP contribution in [0.3, 0.4) is 0 Å². The predicted molar refractivity (Wildman–Crippen MR) is 66.7 cm³/mol. The van der Waals surface area contributed by atoms with Crippen LogP contribution in [0.15, 0.2) is 29.1 Å². The molecule has 2 rings (SSSR count). The SMILES string of the molecule is COc1ccc(Cl)cc1-c1ncnc(Br)c1F. The highest BCUT2D eigenvalue weighted by Crippen LogP contribution is 2.33. The maximum absolute atomic E-state index is 13.9. The molecule has 0 saturated heterocycles. The lowest BCUT2D eigenvalue weighted by molar-refractivity contribution is 0.416. The summed E-state index contributed by atoms with van der Waals surface area (Å²) in [7, 11) is 1.50. The Morgan fingerprint density at radius 2 is 2.12 bits per heavy atom. The lowest BCUT2D eigenvalue weighted by Crippen LogP contribution is -1.96. The quantitative estimate of drug-likeness (QED) is 0.792. The molecule has 0 spiro atoms. The van der Waals surface area contributed by atoms with Gasteiger partial charge in [0.05, 0.1) is 7.11 Å². The predicted octanol–water partition coefficient (Wildman–Crippen LogP) is 3.71. The van der Waals surface area contributed by atoms with Crippen LogP contribution in [0.4, 0.5) is 4.39 Å². The van der Waals surface area contributed by atoms with Crippen LogP contribution in [0.1, 0.15) is 0 Å². The zero-order valence-corrected chi connectivity index (χ0v) is 11.1. The van der Waals surface area contributed by atoms with Gasteiger partial charge in [0, 0.05) is 10.6 Å². The van der Waals surface area contributed by atoms with E-state index in [4.69, 9.17) is 16.3 Å². The molecule has 0 radical (unpaired) electrons. The normalized spacial score (nSPS) is 10.4. The maximum Gasteiger partial charge on any atom is 0.182 e. The van der Waals surface area contributed by atoms with Crippen LogP contribution in [0, 0.1) is 5.82 Å². The van der Waals surface area contributed by atoms with E-state index in [-0.39, 0.29) is 10.3 Å². The molecule has 3 nitrogen and oxygen atoms in total. The molecule has 1 heterocycles. The third-order valence-electron chi connectivity index (χ3n) is 2.16. The van der Waals surface area contributed by atoms with E-state index in [0.717, 1.165) is 0 Å². The number of methoxy groups -OCH3 is 1. The van der Waals surface area contributed by atoms with Gasteiger partial charge in [-0.1, -0.05) is 11.6 Å². The molecule has 0 saturated carbocycles. The van der Waals surface area contributed by atoms with Crippen LogP contribution < -0.4 is 4.74 Å². The average molecular weight is 318 g/mol. The summed E-state index contributed by atoms with van der Waals surface area (Å²) in [5.41, 5.74) is 0.631. The first-order chi connectivity index (χ1) is 8.13. The van der Waals surface area contributed by atoms with E-state index in [0.29, 0.717) is 16.3 Å². The van der Waals surface area contributed by atoms with E-state index in [1.165, 1.54) is 13.4 Å². The summed E-state index contributed by atoms with van der Waals surface area (Å²) in [5, 5.41) is 0.481. The molecule has 0 bridgehead atoms. The number of hydrogen-bond acceptors (Lipinski definition) is 3. The van der Waals surface area contributed by atoms with Gasteiger partial charge in [-0.3, -0.25) is 0 Å². The Morgan fingerprint density at radius 3 is 2.82 bits per heavy atom. The molecule has 6 heteroatoms. The molecule has 2 aromatic rings. The number of ether oxygens (including phenoxy) is 1. The lowest BCUT2D eigenvalue weighted by Gasteiger charge is -2.09. The van der Waals surface area contributed by atoms with Crippen molar-refractivity contribution in [3.8, 4) is 17.0 Å². The van der Waals surface area contributed by atoms with Crippen molar-refractivity contribution >= 4 is 27.5 Å². The molecule has 17 heavy (non-hydrogen) atoms. The zero-order chi connectivity index (χ0) is 12.4. The third kappa shape index (κ3) is 2.40. The Labute approximate surface area is 111 Å². The molecule has 0 aliphatic rings. The van der Waals surface area contributed by atoms with Gasteiger partial charge in [0.1, 0.15) is 22.4 Å². The van der Waals surface area contributed by atoms with Crippen LogP contribution in [0.2, 0.25) is 5.02 Å². The summed E-state index contributed by atoms with van der Waals surface area (Å²) in [4.78, 5) is 7.60. The minimum atomic E-state index is -0.548. The Bertz CT molecular complexity index is 565. The molecule has 1 aromatic carbocycles. The second-order valence-electron chi connectivity index (χ2n) is 3.17. The second-order valence-corrected chi connectivity index (χ2v) is 4.36. The maximum atomic E-state index is 13.9. The highest BCUT2D eigenvalue weighted by Gasteiger charge is 2.15. The van der Waals surface area contributed by atoms with Gasteiger partial charge in [-0.15, -0.1) is 0 Å². The summed E-state index contributed by atoms with van der Waals surface area (Å²) in [6.07, 6.45) is 1.27. The topological polar surface area (TPSA) is 35.0 Å². The summed E-state index contributed by atoms with van der Waals surface area (Å²) < 4.78 is 19.1. The third-order valence-corrected chi connectivity index (χ3v) is 2.95. The molecule has 0 fully saturated rings. The van der Waals surface area contributed by atoms with Gasteiger partial charge in [0.15, 0.2) is 5.82 Å². The van der Waals surface area contributed by atoms with Crippen molar-refractivity contribution in [3.63, 3.8) is 0 Å². The Kier molecular flexibility index (Phi) is 3.59. The monoisotopic (exact) mass is 316 g/mol. The average Bonchev–Trinajstić information content (AvgIpc) is 2.33. The Hall–Kier alpha value is -1.20. The fourth-order valence-corrected chi connectivity index (χ4v) is 1.85. The van der Waals surface area contributed by atoms with E-state index in [1.807, 2.05) is 0 Å². The van der Waals surface area contributed by atoms with Crippen LogP contribution in [-0.2, 0) is 0 Å². The molecule has 0 atom stereocenters. The highest BCUT2D eigenvalue weighted by molar-refractivity contribution is 9.10. The number of benzene rings is 1. The Morgan fingerprint density at radius 1 is 1.35 bits per heavy atom. The first-order valence-corrected chi connectivity index (χ1v) is 5.80. The van der Waals surface area contributed by atoms with Crippen molar-refractivity contribution < 1.29 is 9.13 Å². The van der Waals surface area contributed by atoms with E-state index >= 15 is 0 Å². The Balaban J connectivity index is 2.67. The molecule has 88 valence electrons. The van der Waals surface area contributed by atoms with Crippen molar-refractivity contribution in [1.82, 2.24) is 9.97 Å². The van der Waals surface area contributed by atoms with Gasteiger partial charge in [-0.2, -0.15) is 0 Å². The van der Waals surface area contributed by atoms with Gasteiger partial charge in [-0.05, 0) is 34.1 Å². The smallest absolute Gasteiger partial charge is 0.182 e. The van der Waals surface area contributed by atoms with Gasteiger partial charge in [0.25, 0.3) is 0 Å². The molecule has 0 N–H and O–H groups in total. The summed E-state index contributed by atoms with van der Waals surface area (Å²) in [6.45, 7) is 0. The molecule has 0 unspecified atom stereocenters. The summed E-state index contributed by atoms with van der Waals surface area (Å²) in [5.74, 6) is -0.0491. The fraction of sp³-hybridized carbons (Fsp3) is 0.0909. The van der Waals surface area contributed by atoms with Gasteiger partial charge < -0.3 is 4.74 Å². The van der Waals surface area contributed by atoms with E-state index < -0.39 is 5.82 Å². The second kappa shape index (κ2) is 4.98. The largest absolute Gasteiger partial charge is 0.496 e. The fourth-order valence-electron chi connectivity index (χ4n) is 1.40. The van der Waals surface area contributed by atoms with Crippen molar-refractivity contribution in [2.45, 2.75) is 0 Å². The van der Waals surface area contributed by atoms with Gasteiger partial charge >= 0.3 is 0 Å². The first-order valence-electron chi connectivity index (χ1n) is 4.63. The standard InChI is InChI=1S/C11H7BrClFN2O/c1-17-8-3-2-6(13)4-7(8)10-9(14)11(12)16-5-15-10/h2-5H,1H3. The molecule has 1 aromatic heterocycles. The molecular weight excluding hydrogens is 310 g/mol. The van der Waals surface area contributed by atoms with Crippen molar-refractivity contribution in [1.29, 1.82) is 0 Å². The molecule has 0 aliphatic heterocycles. The minimum Gasteiger partial charge on any atom is -0.496 e. The van der Waals surface area contributed by atoms with Gasteiger partial charge in [-0.25, -0.2) is 14.4 Å². The number of nitrogens with zero attached hydrogens (tertiary/aromatic N) is 2. The van der Waals surface area contributed by atoms with E-state index in [9.17, 15) is 4.39 Å². The van der Waals surface area contributed by atoms with E-state index in [1.54, 1.807) is 18.2 Å². The molecule has 0 aliphatic carbocycles. The highest BCUT2D eigenvalue weighted by atomic mass is 79.9. The summed E-state index contributed by atoms with van der Waals surface area (Å²) in [6, 6.07) is 4.92. The molecule has 0 amide bonds. The number of halogens is 3. The number of hydrogen-bond donors (Lipinski definition) is 0.